The fraction of sp³-hybridized carbons (Fsp3) is 0.833. The van der Waals surface area contributed by atoms with Gasteiger partial charge in [-0.2, -0.15) is 0 Å². The van der Waals surface area contributed by atoms with Gasteiger partial charge in [0, 0.05) is 23.3 Å². The zero-order valence-electron chi connectivity index (χ0n) is 9.44. The number of carbonyl (C=O) groups is 2. The first kappa shape index (κ1) is 12.5. The molecule has 2 rings (SSSR count). The van der Waals surface area contributed by atoms with Crippen molar-refractivity contribution < 1.29 is 9.59 Å². The van der Waals surface area contributed by atoms with Crippen molar-refractivity contribution in [3.8, 4) is 0 Å². The third-order valence-electron chi connectivity index (χ3n) is 3.24. The fourth-order valence-electron chi connectivity index (χ4n) is 2.32. The lowest BCUT2D eigenvalue weighted by Gasteiger charge is -2.09. The highest BCUT2D eigenvalue weighted by Gasteiger charge is 2.24. The summed E-state index contributed by atoms with van der Waals surface area (Å²) in [6.45, 7) is 0. The van der Waals surface area contributed by atoms with Gasteiger partial charge in [-0.05, 0) is 25.7 Å². The molecule has 4 heteroatoms. The van der Waals surface area contributed by atoms with Gasteiger partial charge in [0.05, 0.1) is 0 Å². The molecule has 16 heavy (non-hydrogen) atoms. The predicted molar refractivity (Wildman–Crippen MR) is 69.7 cm³/mol. The van der Waals surface area contributed by atoms with Gasteiger partial charge in [-0.1, -0.05) is 36.4 Å². The van der Waals surface area contributed by atoms with Gasteiger partial charge in [0.2, 0.25) is 0 Å². The van der Waals surface area contributed by atoms with Crippen molar-refractivity contribution in [1.29, 1.82) is 0 Å². The van der Waals surface area contributed by atoms with E-state index in [0.29, 0.717) is 20.7 Å². The third-order valence-corrected chi connectivity index (χ3v) is 5.78. The largest absolute Gasteiger partial charge is 0.287 e. The molecular weight excluding hydrogens is 240 g/mol. The Morgan fingerprint density at radius 2 is 1.31 bits per heavy atom. The van der Waals surface area contributed by atoms with Crippen molar-refractivity contribution in [2.75, 3.05) is 0 Å². The minimum Gasteiger partial charge on any atom is -0.287 e. The van der Waals surface area contributed by atoms with E-state index in [4.69, 9.17) is 0 Å². The van der Waals surface area contributed by atoms with Crippen LogP contribution in [0.1, 0.15) is 51.4 Å². The number of rotatable bonds is 5. The first-order valence-electron chi connectivity index (χ1n) is 6.13. The van der Waals surface area contributed by atoms with Crippen LogP contribution < -0.4 is 0 Å². The second-order valence-electron chi connectivity index (χ2n) is 4.59. The molecule has 0 amide bonds. The molecule has 0 spiro atoms. The van der Waals surface area contributed by atoms with E-state index in [0.717, 1.165) is 25.7 Å². The van der Waals surface area contributed by atoms with Crippen LogP contribution in [0.25, 0.3) is 0 Å². The average molecular weight is 258 g/mol. The maximum Gasteiger partial charge on any atom is 0.189 e. The zero-order chi connectivity index (χ0) is 11.4. The molecule has 0 aromatic carbocycles. The summed E-state index contributed by atoms with van der Waals surface area (Å²) in [4.78, 5) is 22.1. The van der Waals surface area contributed by atoms with Gasteiger partial charge in [-0.15, -0.1) is 0 Å². The number of unbranched alkanes of at least 4 members (excludes halogenated alkanes) is 1. The summed E-state index contributed by atoms with van der Waals surface area (Å²) in [7, 11) is 0. The fourth-order valence-corrected chi connectivity index (χ4v) is 4.57. The molecule has 0 N–H and O–H groups in total. The summed E-state index contributed by atoms with van der Waals surface area (Å²) in [6, 6.07) is 0. The summed E-state index contributed by atoms with van der Waals surface area (Å²) in [6.07, 6.45) is 8.53. The van der Waals surface area contributed by atoms with Crippen molar-refractivity contribution in [1.82, 2.24) is 0 Å². The summed E-state index contributed by atoms with van der Waals surface area (Å²) >= 11 is 3.10. The Kier molecular flexibility index (Phi) is 4.77. The lowest BCUT2D eigenvalue weighted by Crippen LogP contribution is -1.99. The Morgan fingerprint density at radius 1 is 0.875 bits per heavy atom. The van der Waals surface area contributed by atoms with E-state index in [1.54, 1.807) is 23.5 Å². The van der Waals surface area contributed by atoms with E-state index in [9.17, 15) is 9.59 Å². The molecule has 2 fully saturated rings. The van der Waals surface area contributed by atoms with Gasteiger partial charge in [0.25, 0.3) is 0 Å². The maximum absolute atomic E-state index is 11.1. The molecule has 0 aromatic heterocycles. The molecule has 0 aliphatic carbocycles. The number of hydrogen-bond donors (Lipinski definition) is 0. The first-order valence-corrected chi connectivity index (χ1v) is 7.89. The zero-order valence-corrected chi connectivity index (χ0v) is 11.1. The summed E-state index contributed by atoms with van der Waals surface area (Å²) < 4.78 is 0. The molecular formula is C12H18O2S2. The van der Waals surface area contributed by atoms with Crippen LogP contribution in [0, 0.1) is 0 Å². The standard InChI is InChI=1S/C12H18O2S2/c13-11-7-5-9(15-11)3-1-2-4-10-6-8-12(14)16-10/h9-10H,1-8H2. The van der Waals surface area contributed by atoms with Gasteiger partial charge in [0.1, 0.15) is 0 Å². The number of carbonyl (C=O) groups excluding carboxylic acids is 2. The molecule has 2 heterocycles. The van der Waals surface area contributed by atoms with E-state index in [-0.39, 0.29) is 0 Å². The Labute approximate surface area is 105 Å². The van der Waals surface area contributed by atoms with Crippen LogP contribution in [-0.4, -0.2) is 20.7 Å². The average Bonchev–Trinajstić information content (AvgIpc) is 2.83. The van der Waals surface area contributed by atoms with Crippen molar-refractivity contribution in [2.45, 2.75) is 61.9 Å². The van der Waals surface area contributed by atoms with E-state index in [2.05, 4.69) is 0 Å². The minimum absolute atomic E-state index is 0.377. The molecule has 2 unspecified atom stereocenters. The summed E-state index contributed by atoms with van der Waals surface area (Å²) in [5.74, 6) is 0. The van der Waals surface area contributed by atoms with Crippen LogP contribution >= 0.6 is 23.5 Å². The second-order valence-corrected chi connectivity index (χ2v) is 7.30. The topological polar surface area (TPSA) is 34.1 Å². The van der Waals surface area contributed by atoms with Crippen molar-refractivity contribution in [2.24, 2.45) is 0 Å². The second kappa shape index (κ2) is 6.10. The van der Waals surface area contributed by atoms with Crippen molar-refractivity contribution >= 4 is 33.8 Å². The van der Waals surface area contributed by atoms with Crippen molar-refractivity contribution in [3.05, 3.63) is 0 Å². The quantitative estimate of drug-likeness (QED) is 0.708. The van der Waals surface area contributed by atoms with Gasteiger partial charge < -0.3 is 0 Å². The van der Waals surface area contributed by atoms with Gasteiger partial charge in [-0.3, -0.25) is 9.59 Å². The molecule has 2 atom stereocenters. The highest BCUT2D eigenvalue weighted by molar-refractivity contribution is 8.14. The third kappa shape index (κ3) is 3.81. The van der Waals surface area contributed by atoms with Crippen LogP contribution in [0.5, 0.6) is 0 Å². The van der Waals surface area contributed by atoms with Gasteiger partial charge in [-0.25, -0.2) is 0 Å². The van der Waals surface area contributed by atoms with E-state index >= 15 is 0 Å². The highest BCUT2D eigenvalue weighted by atomic mass is 32.2. The Morgan fingerprint density at radius 3 is 1.62 bits per heavy atom. The van der Waals surface area contributed by atoms with Crippen LogP contribution in [0.15, 0.2) is 0 Å². The highest BCUT2D eigenvalue weighted by Crippen LogP contribution is 2.34. The van der Waals surface area contributed by atoms with Gasteiger partial charge >= 0.3 is 0 Å². The lowest BCUT2D eigenvalue weighted by atomic mass is 10.1. The number of hydrogen-bond acceptors (Lipinski definition) is 4. The maximum atomic E-state index is 11.1. The molecule has 2 saturated heterocycles. The Hall–Kier alpha value is 0.0400. The number of thioether (sulfide) groups is 2. The van der Waals surface area contributed by atoms with Crippen molar-refractivity contribution in [3.63, 3.8) is 0 Å². The summed E-state index contributed by atoms with van der Waals surface area (Å²) in [5.41, 5.74) is 0. The van der Waals surface area contributed by atoms with Crippen LogP contribution in [0.2, 0.25) is 0 Å². The van der Waals surface area contributed by atoms with Crippen LogP contribution in [0.3, 0.4) is 0 Å². The van der Waals surface area contributed by atoms with E-state index in [1.165, 1.54) is 25.7 Å². The van der Waals surface area contributed by atoms with E-state index < -0.39 is 0 Å². The van der Waals surface area contributed by atoms with E-state index in [1.807, 2.05) is 0 Å². The molecule has 0 bridgehead atoms. The monoisotopic (exact) mass is 258 g/mol. The lowest BCUT2D eigenvalue weighted by molar-refractivity contribution is -0.111. The predicted octanol–water partition coefficient (Wildman–Crippen LogP) is 3.39. The SMILES string of the molecule is O=C1CCC(CCCCC2CCC(=O)S2)S1. The van der Waals surface area contributed by atoms with Gasteiger partial charge in [0.15, 0.2) is 10.2 Å². The molecule has 0 aromatic rings. The molecule has 2 nitrogen and oxygen atoms in total. The molecule has 0 radical (unpaired) electrons. The molecule has 2 aliphatic rings. The summed E-state index contributed by atoms with van der Waals surface area (Å²) in [5, 5.41) is 1.93. The normalized spacial score (nSPS) is 30.2. The first-order chi connectivity index (χ1) is 7.74. The Bertz CT molecular complexity index is 250. The van der Waals surface area contributed by atoms with Crippen LogP contribution in [0.4, 0.5) is 0 Å². The molecule has 2 aliphatic heterocycles. The Balaban J connectivity index is 1.52. The molecule has 0 saturated carbocycles. The molecule has 90 valence electrons. The van der Waals surface area contributed by atoms with Crippen LogP contribution in [-0.2, 0) is 9.59 Å². The minimum atomic E-state index is 0.377. The smallest absolute Gasteiger partial charge is 0.189 e.